The van der Waals surface area contributed by atoms with E-state index in [9.17, 15) is 0 Å². The van der Waals surface area contributed by atoms with Gasteiger partial charge in [0.15, 0.2) is 0 Å². The molecule has 2 aromatic carbocycles. The average Bonchev–Trinajstić information content (AvgIpc) is 2.46. The molecule has 2 nitrogen and oxygen atoms in total. The highest BCUT2D eigenvalue weighted by Crippen LogP contribution is 2.23. The fourth-order valence-electron chi connectivity index (χ4n) is 1.95. The smallest absolute Gasteiger partial charge is 0.137 e. The Balaban J connectivity index is 1.86. The van der Waals surface area contributed by atoms with Crippen LogP contribution in [0.2, 0.25) is 0 Å². The molecule has 0 aromatic heterocycles. The first kappa shape index (κ1) is 14.5. The summed E-state index contributed by atoms with van der Waals surface area (Å²) in [5, 5.41) is 8.98. The largest absolute Gasteiger partial charge is 0.491 e. The molecule has 0 unspecified atom stereocenters. The van der Waals surface area contributed by atoms with Gasteiger partial charge in [-0.25, -0.2) is 0 Å². The van der Waals surface area contributed by atoms with Crippen LogP contribution >= 0.6 is 11.8 Å². The molecule has 0 spiro atoms. The molecule has 2 aromatic rings. The number of nitriles is 1. The quantitative estimate of drug-likeness (QED) is 0.604. The molecule has 2 rings (SSSR count). The summed E-state index contributed by atoms with van der Waals surface area (Å²) in [7, 11) is 0. The van der Waals surface area contributed by atoms with Crippen molar-refractivity contribution in [1.29, 1.82) is 5.26 Å². The van der Waals surface area contributed by atoms with E-state index in [-0.39, 0.29) is 0 Å². The van der Waals surface area contributed by atoms with Crippen molar-refractivity contribution in [3.05, 3.63) is 59.2 Å². The first-order valence-electron chi connectivity index (χ1n) is 6.52. The molecule has 0 amide bonds. The molecule has 3 heteroatoms. The summed E-state index contributed by atoms with van der Waals surface area (Å²) in [5.41, 5.74) is 3.17. The highest BCUT2D eigenvalue weighted by atomic mass is 32.2. The summed E-state index contributed by atoms with van der Waals surface area (Å²) >= 11 is 1.78. The molecule has 0 bridgehead atoms. The van der Waals surface area contributed by atoms with Gasteiger partial charge in [0.25, 0.3) is 0 Å². The lowest BCUT2D eigenvalue weighted by Crippen LogP contribution is -2.01. The second kappa shape index (κ2) is 7.02. The standard InChI is InChI=1S/C17H17NOS/c1-13-7-8-17(14(2)11-13)20-10-9-19-16-6-4-3-5-15(16)12-18/h3-8,11H,9-10H2,1-2H3. The predicted molar refractivity (Wildman–Crippen MR) is 83.3 cm³/mol. The zero-order valence-electron chi connectivity index (χ0n) is 11.7. The summed E-state index contributed by atoms with van der Waals surface area (Å²) in [5.74, 6) is 1.53. The van der Waals surface area contributed by atoms with Crippen molar-refractivity contribution < 1.29 is 4.74 Å². The topological polar surface area (TPSA) is 33.0 Å². The maximum Gasteiger partial charge on any atom is 0.137 e. The van der Waals surface area contributed by atoms with Gasteiger partial charge in [0.05, 0.1) is 12.2 Å². The summed E-state index contributed by atoms with van der Waals surface area (Å²) in [4.78, 5) is 1.28. The minimum atomic E-state index is 0.587. The molecular weight excluding hydrogens is 266 g/mol. The first-order chi connectivity index (χ1) is 9.70. The van der Waals surface area contributed by atoms with Gasteiger partial charge in [-0.3, -0.25) is 0 Å². The van der Waals surface area contributed by atoms with Crippen molar-refractivity contribution in [3.63, 3.8) is 0 Å². The zero-order chi connectivity index (χ0) is 14.4. The van der Waals surface area contributed by atoms with E-state index >= 15 is 0 Å². The second-order valence-corrected chi connectivity index (χ2v) is 5.71. The van der Waals surface area contributed by atoms with Crippen molar-refractivity contribution in [2.45, 2.75) is 18.7 Å². The van der Waals surface area contributed by atoms with E-state index < -0.39 is 0 Å². The molecule has 0 saturated carbocycles. The van der Waals surface area contributed by atoms with Crippen LogP contribution in [0.25, 0.3) is 0 Å². The lowest BCUT2D eigenvalue weighted by molar-refractivity contribution is 0.343. The third-order valence-corrected chi connectivity index (χ3v) is 4.08. The number of nitrogens with zero attached hydrogens (tertiary/aromatic N) is 1. The van der Waals surface area contributed by atoms with Crippen molar-refractivity contribution >= 4 is 11.8 Å². The highest BCUT2D eigenvalue weighted by molar-refractivity contribution is 7.99. The first-order valence-corrected chi connectivity index (χ1v) is 7.51. The van der Waals surface area contributed by atoms with Gasteiger partial charge in [-0.05, 0) is 37.6 Å². The number of aryl methyl sites for hydroxylation is 2. The summed E-state index contributed by atoms with van der Waals surface area (Å²) in [6, 6.07) is 15.9. The Hall–Kier alpha value is -1.92. The molecule has 0 heterocycles. The number of hydrogen-bond acceptors (Lipinski definition) is 3. The Morgan fingerprint density at radius 3 is 2.70 bits per heavy atom. The number of thioether (sulfide) groups is 1. The molecular formula is C17H17NOS. The van der Waals surface area contributed by atoms with E-state index in [2.05, 4.69) is 38.1 Å². The Kier molecular flexibility index (Phi) is 5.09. The molecule has 102 valence electrons. The lowest BCUT2D eigenvalue weighted by Gasteiger charge is -2.09. The fourth-order valence-corrected chi connectivity index (χ4v) is 2.79. The van der Waals surface area contributed by atoms with E-state index in [1.165, 1.54) is 16.0 Å². The maximum atomic E-state index is 8.98. The van der Waals surface area contributed by atoms with Gasteiger partial charge in [-0.15, -0.1) is 11.8 Å². The van der Waals surface area contributed by atoms with Gasteiger partial charge in [0.2, 0.25) is 0 Å². The number of para-hydroxylation sites is 1. The number of benzene rings is 2. The van der Waals surface area contributed by atoms with Crippen LogP contribution in [-0.2, 0) is 0 Å². The van der Waals surface area contributed by atoms with E-state index in [0.29, 0.717) is 17.9 Å². The average molecular weight is 283 g/mol. The normalized spacial score (nSPS) is 10.1. The molecule has 0 radical (unpaired) electrons. The van der Waals surface area contributed by atoms with Crippen LogP contribution < -0.4 is 4.74 Å². The summed E-state index contributed by atoms with van der Waals surface area (Å²) in [6.07, 6.45) is 0. The third kappa shape index (κ3) is 3.79. The Labute approximate surface area is 124 Å². The van der Waals surface area contributed by atoms with Crippen LogP contribution in [-0.4, -0.2) is 12.4 Å². The SMILES string of the molecule is Cc1ccc(SCCOc2ccccc2C#N)c(C)c1. The van der Waals surface area contributed by atoms with Crippen molar-refractivity contribution in [2.24, 2.45) is 0 Å². The number of rotatable bonds is 5. The van der Waals surface area contributed by atoms with E-state index in [0.717, 1.165) is 5.75 Å². The molecule has 0 aliphatic carbocycles. The van der Waals surface area contributed by atoms with Gasteiger partial charge in [0, 0.05) is 10.6 Å². The van der Waals surface area contributed by atoms with Crippen LogP contribution in [0.4, 0.5) is 0 Å². The lowest BCUT2D eigenvalue weighted by atomic mass is 10.2. The molecule has 0 N–H and O–H groups in total. The molecule has 0 saturated heterocycles. The Morgan fingerprint density at radius 2 is 1.95 bits per heavy atom. The van der Waals surface area contributed by atoms with Gasteiger partial charge in [-0.2, -0.15) is 5.26 Å². The Bertz CT molecular complexity index is 631. The van der Waals surface area contributed by atoms with Gasteiger partial charge >= 0.3 is 0 Å². The minimum Gasteiger partial charge on any atom is -0.491 e. The molecule has 20 heavy (non-hydrogen) atoms. The molecule has 0 fully saturated rings. The molecule has 0 aliphatic rings. The van der Waals surface area contributed by atoms with E-state index in [4.69, 9.17) is 10.00 Å². The van der Waals surface area contributed by atoms with Crippen LogP contribution in [0.15, 0.2) is 47.4 Å². The molecule has 0 atom stereocenters. The predicted octanol–water partition coefficient (Wildman–Crippen LogP) is 4.35. The molecule has 0 aliphatic heterocycles. The zero-order valence-corrected chi connectivity index (χ0v) is 12.5. The van der Waals surface area contributed by atoms with E-state index in [1.807, 2.05) is 18.2 Å². The van der Waals surface area contributed by atoms with Crippen LogP contribution in [0.1, 0.15) is 16.7 Å². The van der Waals surface area contributed by atoms with E-state index in [1.54, 1.807) is 17.8 Å². The third-order valence-electron chi connectivity index (χ3n) is 2.94. The minimum absolute atomic E-state index is 0.587. The van der Waals surface area contributed by atoms with Gasteiger partial charge < -0.3 is 4.74 Å². The van der Waals surface area contributed by atoms with Crippen LogP contribution in [0.3, 0.4) is 0 Å². The highest BCUT2D eigenvalue weighted by Gasteiger charge is 2.03. The number of ether oxygens (including phenoxy) is 1. The Morgan fingerprint density at radius 1 is 1.15 bits per heavy atom. The monoisotopic (exact) mass is 283 g/mol. The summed E-state index contributed by atoms with van der Waals surface area (Å²) < 4.78 is 5.67. The fraction of sp³-hybridized carbons (Fsp3) is 0.235. The van der Waals surface area contributed by atoms with Crippen LogP contribution in [0, 0.1) is 25.2 Å². The second-order valence-electron chi connectivity index (χ2n) is 4.57. The van der Waals surface area contributed by atoms with Gasteiger partial charge in [0.1, 0.15) is 11.8 Å². The van der Waals surface area contributed by atoms with Crippen molar-refractivity contribution in [1.82, 2.24) is 0 Å². The van der Waals surface area contributed by atoms with Gasteiger partial charge in [-0.1, -0.05) is 29.8 Å². The maximum absolute atomic E-state index is 8.98. The number of hydrogen-bond donors (Lipinski definition) is 0. The van der Waals surface area contributed by atoms with Crippen molar-refractivity contribution in [2.75, 3.05) is 12.4 Å². The summed E-state index contributed by atoms with van der Waals surface area (Å²) in [6.45, 7) is 4.82. The van der Waals surface area contributed by atoms with Crippen molar-refractivity contribution in [3.8, 4) is 11.8 Å². The van der Waals surface area contributed by atoms with Crippen LogP contribution in [0.5, 0.6) is 5.75 Å².